The van der Waals surface area contributed by atoms with Crippen LogP contribution in [0.25, 0.3) is 0 Å². The molecule has 0 radical (unpaired) electrons. The molecule has 0 heterocycles. The Morgan fingerprint density at radius 3 is 2.14 bits per heavy atom. The van der Waals surface area contributed by atoms with Gasteiger partial charge < -0.3 is 10.2 Å². The molecule has 22 heavy (non-hydrogen) atoms. The molecule has 1 aromatic rings. The first kappa shape index (κ1) is 18.4. The first-order valence-corrected chi connectivity index (χ1v) is 8.85. The molecule has 0 bridgehead atoms. The lowest BCUT2D eigenvalue weighted by atomic mass is 10.2. The molecule has 124 valence electrons. The molecule has 7 heteroatoms. The fourth-order valence-corrected chi connectivity index (χ4v) is 3.56. The van der Waals surface area contributed by atoms with Crippen LogP contribution in [-0.2, 0) is 10.0 Å². The van der Waals surface area contributed by atoms with Gasteiger partial charge in [-0.1, -0.05) is 26.7 Å². The van der Waals surface area contributed by atoms with Crippen LogP contribution in [0.3, 0.4) is 0 Å². The molecule has 6 nitrogen and oxygen atoms in total. The van der Waals surface area contributed by atoms with Gasteiger partial charge >= 0.3 is 5.97 Å². The molecule has 0 aromatic heterocycles. The molecule has 0 fully saturated rings. The Kier molecular flexibility index (Phi) is 6.83. The molecule has 0 amide bonds. The molecule has 1 aromatic carbocycles. The zero-order valence-corrected chi connectivity index (χ0v) is 13.8. The zero-order chi connectivity index (χ0) is 16.8. The van der Waals surface area contributed by atoms with Gasteiger partial charge in [-0.25, -0.2) is 13.2 Å². The molecule has 0 unspecified atom stereocenters. The Labute approximate surface area is 131 Å². The van der Waals surface area contributed by atoms with Crippen molar-refractivity contribution >= 4 is 16.0 Å². The highest BCUT2D eigenvalue weighted by molar-refractivity contribution is 7.89. The number of aromatic hydroxyl groups is 1. The number of unbranched alkanes of at least 4 members (excludes halogenated alkanes) is 2. The second-order valence-electron chi connectivity index (χ2n) is 5.10. The van der Waals surface area contributed by atoms with Gasteiger partial charge in [-0.15, -0.1) is 0 Å². The summed E-state index contributed by atoms with van der Waals surface area (Å²) in [5.74, 6) is -1.80. The second-order valence-corrected chi connectivity index (χ2v) is 7.03. The number of benzene rings is 1. The van der Waals surface area contributed by atoms with Gasteiger partial charge in [-0.2, -0.15) is 4.31 Å². The average Bonchev–Trinajstić information content (AvgIpc) is 2.47. The van der Waals surface area contributed by atoms with E-state index in [0.29, 0.717) is 13.1 Å². The Morgan fingerprint density at radius 2 is 1.68 bits per heavy atom. The van der Waals surface area contributed by atoms with Gasteiger partial charge in [-0.3, -0.25) is 0 Å². The van der Waals surface area contributed by atoms with Gasteiger partial charge in [0.25, 0.3) is 0 Å². The third kappa shape index (κ3) is 4.45. The van der Waals surface area contributed by atoms with Gasteiger partial charge in [0, 0.05) is 13.1 Å². The van der Waals surface area contributed by atoms with E-state index in [1.165, 1.54) is 10.4 Å². The Balaban J connectivity index is 3.18. The van der Waals surface area contributed by atoms with Crippen molar-refractivity contribution in [3.63, 3.8) is 0 Å². The minimum Gasteiger partial charge on any atom is -0.507 e. The highest BCUT2D eigenvalue weighted by Crippen LogP contribution is 2.24. The van der Waals surface area contributed by atoms with E-state index in [-0.39, 0.29) is 4.90 Å². The minimum atomic E-state index is -3.76. The molecule has 0 aliphatic heterocycles. The summed E-state index contributed by atoms with van der Waals surface area (Å²) in [7, 11) is -3.76. The van der Waals surface area contributed by atoms with Gasteiger partial charge in [0.15, 0.2) is 0 Å². The Hall–Kier alpha value is -1.60. The Bertz CT molecular complexity index is 604. The summed E-state index contributed by atoms with van der Waals surface area (Å²) in [6.07, 6.45) is 3.22. The number of nitrogens with zero attached hydrogens (tertiary/aromatic N) is 1. The van der Waals surface area contributed by atoms with E-state index < -0.39 is 27.3 Å². The minimum absolute atomic E-state index is 0.102. The molecule has 2 N–H and O–H groups in total. The molecule has 0 saturated heterocycles. The maximum atomic E-state index is 12.7. The molecular weight excluding hydrogens is 306 g/mol. The lowest BCUT2D eigenvalue weighted by Gasteiger charge is -2.22. The predicted molar refractivity (Wildman–Crippen MR) is 83.6 cm³/mol. The van der Waals surface area contributed by atoms with Crippen LogP contribution in [0.1, 0.15) is 49.9 Å². The molecule has 1 rings (SSSR count). The first-order chi connectivity index (χ1) is 10.3. The maximum absolute atomic E-state index is 12.7. The summed E-state index contributed by atoms with van der Waals surface area (Å²) in [4.78, 5) is 10.9. The summed E-state index contributed by atoms with van der Waals surface area (Å²) in [6, 6.07) is 3.36. The highest BCUT2D eigenvalue weighted by Gasteiger charge is 2.25. The lowest BCUT2D eigenvalue weighted by molar-refractivity contribution is 0.0693. The number of aromatic carboxylic acids is 1. The Morgan fingerprint density at radius 1 is 1.14 bits per heavy atom. The number of sulfonamides is 1. The quantitative estimate of drug-likeness (QED) is 0.726. The topological polar surface area (TPSA) is 94.9 Å². The standard InChI is InChI=1S/C15H23NO5S/c1-3-5-9-16(10-6-4-2)22(20,21)12-7-8-14(17)13(11-12)15(18)19/h7-8,11,17H,3-6,9-10H2,1-2H3,(H,18,19). The van der Waals surface area contributed by atoms with Crippen LogP contribution in [0.15, 0.2) is 23.1 Å². The highest BCUT2D eigenvalue weighted by atomic mass is 32.2. The average molecular weight is 329 g/mol. The molecule has 0 aliphatic carbocycles. The number of carbonyl (C=O) groups is 1. The van der Waals surface area contributed by atoms with E-state index in [1.54, 1.807) is 0 Å². The number of carboxylic acid groups (broad SMARTS) is 1. The normalized spacial score (nSPS) is 11.8. The predicted octanol–water partition coefficient (Wildman–Crippen LogP) is 2.68. The van der Waals surface area contributed by atoms with Crippen LogP contribution in [0.4, 0.5) is 0 Å². The number of hydrogen-bond acceptors (Lipinski definition) is 4. The van der Waals surface area contributed by atoms with Crippen LogP contribution in [0.2, 0.25) is 0 Å². The molecule has 0 aliphatic rings. The number of rotatable bonds is 9. The van der Waals surface area contributed by atoms with Crippen molar-refractivity contribution in [3.05, 3.63) is 23.8 Å². The van der Waals surface area contributed by atoms with Crippen molar-refractivity contribution in [1.29, 1.82) is 0 Å². The smallest absolute Gasteiger partial charge is 0.339 e. The van der Waals surface area contributed by atoms with E-state index in [4.69, 9.17) is 5.11 Å². The largest absolute Gasteiger partial charge is 0.507 e. The fraction of sp³-hybridized carbons (Fsp3) is 0.533. The van der Waals surface area contributed by atoms with Crippen LogP contribution < -0.4 is 0 Å². The summed E-state index contributed by atoms with van der Waals surface area (Å²) >= 11 is 0. The van der Waals surface area contributed by atoms with E-state index in [1.807, 2.05) is 13.8 Å². The first-order valence-electron chi connectivity index (χ1n) is 7.41. The van der Waals surface area contributed by atoms with Crippen molar-refractivity contribution < 1.29 is 23.4 Å². The van der Waals surface area contributed by atoms with Crippen LogP contribution in [-0.4, -0.2) is 42.0 Å². The van der Waals surface area contributed by atoms with Gasteiger partial charge in [0.1, 0.15) is 11.3 Å². The zero-order valence-electron chi connectivity index (χ0n) is 12.9. The molecular formula is C15H23NO5S. The van der Waals surface area contributed by atoms with Gasteiger partial charge in [-0.05, 0) is 31.0 Å². The van der Waals surface area contributed by atoms with Gasteiger partial charge in [0.05, 0.1) is 4.90 Å². The van der Waals surface area contributed by atoms with Crippen molar-refractivity contribution in [2.75, 3.05) is 13.1 Å². The molecule has 0 atom stereocenters. The van der Waals surface area contributed by atoms with Crippen molar-refractivity contribution in [1.82, 2.24) is 4.31 Å². The van der Waals surface area contributed by atoms with E-state index in [2.05, 4.69) is 0 Å². The summed E-state index contributed by atoms with van der Waals surface area (Å²) < 4.78 is 26.8. The monoisotopic (exact) mass is 329 g/mol. The SMILES string of the molecule is CCCCN(CCCC)S(=O)(=O)c1ccc(O)c(C(=O)O)c1. The number of phenols is 1. The third-order valence-corrected chi connectivity index (χ3v) is 5.25. The van der Waals surface area contributed by atoms with Crippen molar-refractivity contribution in [2.24, 2.45) is 0 Å². The summed E-state index contributed by atoms with van der Waals surface area (Å²) in [5, 5.41) is 18.5. The van der Waals surface area contributed by atoms with Crippen molar-refractivity contribution in [3.8, 4) is 5.75 Å². The van der Waals surface area contributed by atoms with Crippen molar-refractivity contribution in [2.45, 2.75) is 44.4 Å². The van der Waals surface area contributed by atoms with E-state index in [0.717, 1.165) is 37.8 Å². The summed E-state index contributed by atoms with van der Waals surface area (Å²) in [6.45, 7) is 4.77. The molecule has 0 spiro atoms. The maximum Gasteiger partial charge on any atom is 0.339 e. The van der Waals surface area contributed by atoms with Crippen LogP contribution in [0, 0.1) is 0 Å². The lowest BCUT2D eigenvalue weighted by Crippen LogP contribution is -2.33. The van der Waals surface area contributed by atoms with E-state index >= 15 is 0 Å². The summed E-state index contributed by atoms with van der Waals surface area (Å²) in [5.41, 5.74) is -0.410. The number of carboxylic acids is 1. The number of hydrogen-bond donors (Lipinski definition) is 2. The van der Waals surface area contributed by atoms with Gasteiger partial charge in [0.2, 0.25) is 10.0 Å². The van der Waals surface area contributed by atoms with Crippen LogP contribution >= 0.6 is 0 Å². The second kappa shape index (κ2) is 8.14. The fourth-order valence-electron chi connectivity index (χ4n) is 2.02. The molecule has 0 saturated carbocycles. The van der Waals surface area contributed by atoms with E-state index in [9.17, 15) is 18.3 Å². The third-order valence-electron chi connectivity index (χ3n) is 3.36. The van der Waals surface area contributed by atoms with Crippen LogP contribution in [0.5, 0.6) is 5.75 Å².